The van der Waals surface area contributed by atoms with Crippen molar-refractivity contribution in [3.05, 3.63) is 65.1 Å². The molecule has 0 atom stereocenters. The summed E-state index contributed by atoms with van der Waals surface area (Å²) >= 11 is 5.66. The number of halogens is 2. The Morgan fingerprint density at radius 3 is 2.65 bits per heavy atom. The lowest BCUT2D eigenvalue weighted by molar-refractivity contribution is 0.599. The lowest BCUT2D eigenvalue weighted by atomic mass is 10.2. The molecule has 3 N–H and O–H groups in total. The number of rotatable bonds is 4. The number of benzene rings is 2. The van der Waals surface area contributed by atoms with Crippen molar-refractivity contribution in [2.45, 2.75) is 4.90 Å². The van der Waals surface area contributed by atoms with Gasteiger partial charge in [-0.1, -0.05) is 23.7 Å². The van der Waals surface area contributed by atoms with Crippen LogP contribution in [0.3, 0.4) is 0 Å². The summed E-state index contributed by atoms with van der Waals surface area (Å²) in [6.45, 7) is 0. The summed E-state index contributed by atoms with van der Waals surface area (Å²) < 4.78 is 42.1. The molecule has 3 aromatic rings. The summed E-state index contributed by atoms with van der Waals surface area (Å²) in [5.74, 6) is -0.650. The quantitative estimate of drug-likeness (QED) is 0.709. The third-order valence-corrected chi connectivity index (χ3v) is 5.16. The first kappa shape index (κ1) is 17.7. The van der Waals surface area contributed by atoms with Gasteiger partial charge in [0.25, 0.3) is 10.0 Å². The fourth-order valence-electron chi connectivity index (χ4n) is 2.23. The van der Waals surface area contributed by atoms with E-state index in [9.17, 15) is 12.8 Å². The van der Waals surface area contributed by atoms with Crippen LogP contribution >= 0.6 is 11.6 Å². The zero-order valence-electron chi connectivity index (χ0n) is 13.0. The van der Waals surface area contributed by atoms with Crippen molar-refractivity contribution in [3.8, 4) is 11.8 Å². The molecule has 0 spiro atoms. The van der Waals surface area contributed by atoms with Gasteiger partial charge in [-0.05, 0) is 30.3 Å². The smallest absolute Gasteiger partial charge is 0.262 e. The number of hydrogen-bond acceptors (Lipinski definition) is 5. The van der Waals surface area contributed by atoms with Crippen LogP contribution in [0.15, 0.2) is 53.6 Å². The third kappa shape index (κ3) is 3.20. The van der Waals surface area contributed by atoms with E-state index in [1.807, 2.05) is 6.07 Å². The van der Waals surface area contributed by atoms with E-state index in [1.165, 1.54) is 16.9 Å². The maximum atomic E-state index is 13.3. The minimum absolute atomic E-state index is 0.0731. The van der Waals surface area contributed by atoms with Gasteiger partial charge in [0.2, 0.25) is 0 Å². The van der Waals surface area contributed by atoms with Crippen LogP contribution in [-0.4, -0.2) is 18.2 Å². The monoisotopic (exact) mass is 391 g/mol. The van der Waals surface area contributed by atoms with Crippen LogP contribution in [0.2, 0.25) is 5.02 Å². The van der Waals surface area contributed by atoms with E-state index in [0.717, 1.165) is 18.2 Å². The Balaban J connectivity index is 2.04. The van der Waals surface area contributed by atoms with Crippen molar-refractivity contribution in [1.29, 1.82) is 5.26 Å². The SMILES string of the molecule is N#Cc1cnn(-c2ccccc2NS(=O)(=O)c2ccc(F)c(Cl)c2)c1N. The van der Waals surface area contributed by atoms with Gasteiger partial charge in [0.1, 0.15) is 23.3 Å². The number of para-hydroxylation sites is 2. The van der Waals surface area contributed by atoms with Crippen molar-refractivity contribution in [2.24, 2.45) is 0 Å². The van der Waals surface area contributed by atoms with Gasteiger partial charge in [0, 0.05) is 0 Å². The van der Waals surface area contributed by atoms with Crippen molar-refractivity contribution in [2.75, 3.05) is 10.5 Å². The molecule has 0 aliphatic carbocycles. The first-order valence-corrected chi connectivity index (χ1v) is 9.00. The summed E-state index contributed by atoms with van der Waals surface area (Å²) in [5.41, 5.74) is 6.52. The molecule has 0 saturated carbocycles. The average molecular weight is 392 g/mol. The number of nitriles is 1. The Morgan fingerprint density at radius 2 is 2.00 bits per heavy atom. The van der Waals surface area contributed by atoms with E-state index in [2.05, 4.69) is 9.82 Å². The molecule has 3 rings (SSSR count). The molecule has 2 aromatic carbocycles. The molecule has 132 valence electrons. The Labute approximate surface area is 153 Å². The molecule has 0 radical (unpaired) electrons. The molecule has 0 unspecified atom stereocenters. The lowest BCUT2D eigenvalue weighted by Gasteiger charge is -2.13. The topological polar surface area (TPSA) is 114 Å². The van der Waals surface area contributed by atoms with E-state index in [4.69, 9.17) is 22.6 Å². The largest absolute Gasteiger partial charge is 0.382 e. The molecule has 7 nitrogen and oxygen atoms in total. The van der Waals surface area contributed by atoms with Crippen molar-refractivity contribution in [3.63, 3.8) is 0 Å². The van der Waals surface area contributed by atoms with Crippen molar-refractivity contribution in [1.82, 2.24) is 9.78 Å². The number of aromatic nitrogens is 2. The predicted octanol–water partition coefficient (Wildman–Crippen LogP) is 2.92. The summed E-state index contributed by atoms with van der Waals surface area (Å²) in [6.07, 6.45) is 1.28. The number of hydrogen-bond donors (Lipinski definition) is 2. The van der Waals surface area contributed by atoms with Crippen molar-refractivity contribution >= 4 is 33.1 Å². The van der Waals surface area contributed by atoms with Gasteiger partial charge in [0.05, 0.1) is 27.5 Å². The van der Waals surface area contributed by atoms with Crippen molar-refractivity contribution < 1.29 is 12.8 Å². The molecule has 10 heteroatoms. The standard InChI is InChI=1S/C16H11ClFN5O2S/c17-12-7-11(5-6-13(12)18)26(24,25)22-14-3-1-2-4-15(14)23-16(20)10(8-19)9-21-23/h1-7,9,22H,20H2. The minimum Gasteiger partial charge on any atom is -0.382 e. The second kappa shape index (κ2) is 6.67. The van der Waals surface area contributed by atoms with E-state index < -0.39 is 15.8 Å². The van der Waals surface area contributed by atoms with Gasteiger partial charge < -0.3 is 5.73 Å². The molecular weight excluding hydrogens is 381 g/mol. The lowest BCUT2D eigenvalue weighted by Crippen LogP contribution is -2.15. The van der Waals surface area contributed by atoms with Crippen LogP contribution in [0.5, 0.6) is 0 Å². The van der Waals surface area contributed by atoms with Crippen LogP contribution in [-0.2, 0) is 10.0 Å². The summed E-state index contributed by atoms with van der Waals surface area (Å²) in [5, 5.41) is 12.7. The molecule has 0 saturated heterocycles. The van der Waals surface area contributed by atoms with Gasteiger partial charge in [-0.15, -0.1) is 0 Å². The maximum Gasteiger partial charge on any atom is 0.262 e. The molecule has 26 heavy (non-hydrogen) atoms. The summed E-state index contributed by atoms with van der Waals surface area (Å²) in [4.78, 5) is -0.204. The number of nitrogens with one attached hydrogen (secondary N) is 1. The Kier molecular flexibility index (Phi) is 4.54. The molecule has 0 bridgehead atoms. The average Bonchev–Trinajstić information content (AvgIpc) is 2.98. The predicted molar refractivity (Wildman–Crippen MR) is 94.9 cm³/mol. The highest BCUT2D eigenvalue weighted by atomic mass is 35.5. The van der Waals surface area contributed by atoms with Gasteiger partial charge in [-0.3, -0.25) is 4.72 Å². The molecule has 0 aliphatic heterocycles. The number of nitrogens with two attached hydrogens (primary N) is 1. The highest BCUT2D eigenvalue weighted by molar-refractivity contribution is 7.92. The number of sulfonamides is 1. The molecule has 0 fully saturated rings. The second-order valence-corrected chi connectivity index (χ2v) is 7.26. The second-order valence-electron chi connectivity index (χ2n) is 5.17. The van der Waals surface area contributed by atoms with Crippen LogP contribution in [0, 0.1) is 17.1 Å². The number of nitrogens with zero attached hydrogens (tertiary/aromatic N) is 3. The van der Waals surface area contributed by atoms with E-state index in [1.54, 1.807) is 18.2 Å². The van der Waals surface area contributed by atoms with Gasteiger partial charge in [0.15, 0.2) is 0 Å². The molecule has 1 aromatic heterocycles. The third-order valence-electron chi connectivity index (χ3n) is 3.50. The van der Waals surface area contributed by atoms with E-state index in [0.29, 0.717) is 5.69 Å². The fraction of sp³-hybridized carbons (Fsp3) is 0. The Morgan fingerprint density at radius 1 is 1.27 bits per heavy atom. The van der Waals surface area contributed by atoms with Crippen LogP contribution in [0.1, 0.15) is 5.56 Å². The zero-order chi connectivity index (χ0) is 18.9. The van der Waals surface area contributed by atoms with E-state index in [-0.39, 0.29) is 27.0 Å². The minimum atomic E-state index is -4.04. The van der Waals surface area contributed by atoms with E-state index >= 15 is 0 Å². The Hall–Kier alpha value is -3.09. The van der Waals surface area contributed by atoms with Gasteiger partial charge in [-0.2, -0.15) is 10.4 Å². The highest BCUT2D eigenvalue weighted by Gasteiger charge is 2.19. The molecule has 0 aliphatic rings. The number of anilines is 2. The van der Waals surface area contributed by atoms with Crippen LogP contribution in [0.25, 0.3) is 5.69 Å². The highest BCUT2D eigenvalue weighted by Crippen LogP contribution is 2.27. The first-order valence-electron chi connectivity index (χ1n) is 7.14. The van der Waals surface area contributed by atoms with Gasteiger partial charge >= 0.3 is 0 Å². The number of nitrogen functional groups attached to an aromatic ring is 1. The first-order chi connectivity index (χ1) is 12.3. The normalized spacial score (nSPS) is 11.1. The molecular formula is C16H11ClFN5O2S. The molecule has 1 heterocycles. The fourth-order valence-corrected chi connectivity index (χ4v) is 3.57. The maximum absolute atomic E-state index is 13.3. The molecule has 0 amide bonds. The van der Waals surface area contributed by atoms with Gasteiger partial charge in [-0.25, -0.2) is 17.5 Å². The summed E-state index contributed by atoms with van der Waals surface area (Å²) in [6, 6.07) is 11.3. The zero-order valence-corrected chi connectivity index (χ0v) is 14.6. The van der Waals surface area contributed by atoms with Crippen LogP contribution < -0.4 is 10.5 Å². The van der Waals surface area contributed by atoms with Crippen LogP contribution in [0.4, 0.5) is 15.9 Å². The Bertz CT molecular complexity index is 1140. The summed E-state index contributed by atoms with van der Waals surface area (Å²) in [7, 11) is -4.04.